The highest BCUT2D eigenvalue weighted by atomic mass is 35.5. The highest BCUT2D eigenvalue weighted by Crippen LogP contribution is 2.39. The van der Waals surface area contributed by atoms with Gasteiger partial charge in [-0.05, 0) is 36.8 Å². The summed E-state index contributed by atoms with van der Waals surface area (Å²) < 4.78 is 16.8. The van der Waals surface area contributed by atoms with E-state index in [1.807, 2.05) is 6.92 Å². The molecule has 2 aromatic rings. The first-order valence-corrected chi connectivity index (χ1v) is 10.0. The summed E-state index contributed by atoms with van der Waals surface area (Å²) in [7, 11) is 1.42. The van der Waals surface area contributed by atoms with Crippen LogP contribution in [0.5, 0.6) is 5.75 Å². The van der Waals surface area contributed by atoms with Crippen molar-refractivity contribution in [3.63, 3.8) is 0 Å². The third-order valence-electron chi connectivity index (χ3n) is 4.85. The minimum atomic E-state index is -0.548. The number of aryl methyl sites for hydroxylation is 1. The summed E-state index contributed by atoms with van der Waals surface area (Å²) in [5, 5.41) is 10.6. The molecule has 1 aromatic heterocycles. The number of nitrogens with one attached hydrogen (secondary N) is 2. The maximum absolute atomic E-state index is 12.5. The number of halogens is 1. The van der Waals surface area contributed by atoms with E-state index >= 15 is 0 Å². The summed E-state index contributed by atoms with van der Waals surface area (Å²) in [5.41, 5.74) is 1.96. The van der Waals surface area contributed by atoms with E-state index < -0.39 is 12.2 Å². The third kappa shape index (κ3) is 3.51. The molecule has 10 heteroatoms. The lowest BCUT2D eigenvalue weighted by Crippen LogP contribution is -2.47. The predicted octanol–water partition coefficient (Wildman–Crippen LogP) is 3.20. The van der Waals surface area contributed by atoms with Gasteiger partial charge in [0, 0.05) is 5.56 Å². The number of hydrogen-bond acceptors (Lipinski definition) is 7. The van der Waals surface area contributed by atoms with Gasteiger partial charge >= 0.3 is 6.09 Å². The number of cyclic esters (lactones) is 1. The van der Waals surface area contributed by atoms with Gasteiger partial charge in [0.2, 0.25) is 5.90 Å². The SMILES string of the molecule is COC(=N)c1ccc2c(c1)OC[C@H]1[C@H](CNC(=O)c3cc(C)c(Cl)s3)OC(=O)N21. The van der Waals surface area contributed by atoms with E-state index in [1.165, 1.54) is 23.3 Å². The van der Waals surface area contributed by atoms with Crippen LogP contribution in [0.2, 0.25) is 4.34 Å². The van der Waals surface area contributed by atoms with Gasteiger partial charge in [0.1, 0.15) is 24.5 Å². The van der Waals surface area contributed by atoms with Crippen molar-refractivity contribution in [1.82, 2.24) is 5.32 Å². The number of amides is 2. The van der Waals surface area contributed by atoms with Crippen LogP contribution in [0, 0.1) is 12.3 Å². The molecule has 2 N–H and O–H groups in total. The molecule has 2 aliphatic rings. The molecule has 29 heavy (non-hydrogen) atoms. The van der Waals surface area contributed by atoms with Crippen molar-refractivity contribution in [2.24, 2.45) is 0 Å². The maximum Gasteiger partial charge on any atom is 0.415 e. The molecule has 8 nitrogen and oxygen atoms in total. The highest BCUT2D eigenvalue weighted by Gasteiger charge is 2.46. The summed E-state index contributed by atoms with van der Waals surface area (Å²) in [6.45, 7) is 2.21. The van der Waals surface area contributed by atoms with Crippen LogP contribution in [0.4, 0.5) is 10.5 Å². The molecular weight excluding hydrogens is 418 g/mol. The molecule has 4 rings (SSSR count). The second-order valence-corrected chi connectivity index (χ2v) is 8.32. The Balaban J connectivity index is 1.47. The molecule has 0 spiro atoms. The highest BCUT2D eigenvalue weighted by molar-refractivity contribution is 7.18. The summed E-state index contributed by atoms with van der Waals surface area (Å²) in [6, 6.07) is 6.40. The van der Waals surface area contributed by atoms with E-state index in [9.17, 15) is 9.59 Å². The van der Waals surface area contributed by atoms with Crippen molar-refractivity contribution in [3.05, 3.63) is 44.6 Å². The molecule has 152 valence electrons. The lowest BCUT2D eigenvalue weighted by molar-refractivity contribution is 0.0890. The normalized spacial score (nSPS) is 19.7. The quantitative estimate of drug-likeness (QED) is 0.567. The molecule has 2 amide bonds. The van der Waals surface area contributed by atoms with Gasteiger partial charge in [-0.1, -0.05) is 11.6 Å². The Morgan fingerprint density at radius 2 is 2.24 bits per heavy atom. The van der Waals surface area contributed by atoms with Crippen molar-refractivity contribution in [3.8, 4) is 5.75 Å². The number of benzene rings is 1. The van der Waals surface area contributed by atoms with Gasteiger partial charge in [-0.15, -0.1) is 11.3 Å². The van der Waals surface area contributed by atoms with Crippen molar-refractivity contribution < 1.29 is 23.8 Å². The zero-order chi connectivity index (χ0) is 20.7. The molecule has 3 heterocycles. The van der Waals surface area contributed by atoms with E-state index in [-0.39, 0.29) is 31.0 Å². The molecule has 2 atom stereocenters. The number of fused-ring (bicyclic) bond motifs is 3. The molecule has 0 unspecified atom stereocenters. The monoisotopic (exact) mass is 435 g/mol. The van der Waals surface area contributed by atoms with E-state index in [0.717, 1.165) is 5.56 Å². The fourth-order valence-corrected chi connectivity index (χ4v) is 4.44. The van der Waals surface area contributed by atoms with Crippen molar-refractivity contribution in [1.29, 1.82) is 5.41 Å². The number of nitrogens with zero attached hydrogens (tertiary/aromatic N) is 1. The molecule has 1 fully saturated rings. The molecule has 0 aliphatic carbocycles. The summed E-state index contributed by atoms with van der Waals surface area (Å²) in [5.74, 6) is 0.220. The van der Waals surface area contributed by atoms with Gasteiger partial charge in [0.25, 0.3) is 5.91 Å². The fourth-order valence-electron chi connectivity index (χ4n) is 3.32. The lowest BCUT2D eigenvalue weighted by Gasteiger charge is -2.31. The van der Waals surface area contributed by atoms with Crippen LogP contribution in [0.1, 0.15) is 20.8 Å². The number of carbonyl (C=O) groups excluding carboxylic acids is 2. The van der Waals surface area contributed by atoms with Gasteiger partial charge in [-0.2, -0.15) is 0 Å². The number of methoxy groups -OCH3 is 1. The lowest BCUT2D eigenvalue weighted by atomic mass is 10.1. The maximum atomic E-state index is 12.5. The second-order valence-electron chi connectivity index (χ2n) is 6.66. The predicted molar refractivity (Wildman–Crippen MR) is 109 cm³/mol. The number of anilines is 1. The van der Waals surface area contributed by atoms with Crippen LogP contribution in [0.25, 0.3) is 0 Å². The Bertz CT molecular complexity index is 988. The molecule has 0 radical (unpaired) electrons. The van der Waals surface area contributed by atoms with Gasteiger partial charge in [-0.3, -0.25) is 15.1 Å². The Labute approximate surface area is 175 Å². The van der Waals surface area contributed by atoms with Crippen molar-refractivity contribution in [2.75, 3.05) is 25.2 Å². The number of rotatable bonds is 4. The molecule has 1 saturated heterocycles. The van der Waals surface area contributed by atoms with E-state index in [2.05, 4.69) is 5.32 Å². The first kappa shape index (κ1) is 19.5. The van der Waals surface area contributed by atoms with E-state index in [4.69, 9.17) is 31.2 Å². The van der Waals surface area contributed by atoms with Crippen LogP contribution in [0.3, 0.4) is 0 Å². The average Bonchev–Trinajstić information content (AvgIpc) is 3.24. The second kappa shape index (κ2) is 7.57. The Hall–Kier alpha value is -2.78. The summed E-state index contributed by atoms with van der Waals surface area (Å²) in [6.07, 6.45) is -1.04. The van der Waals surface area contributed by atoms with Crippen LogP contribution in [-0.2, 0) is 9.47 Å². The number of ether oxygens (including phenoxy) is 3. The molecule has 0 bridgehead atoms. The minimum absolute atomic E-state index is 0.00651. The largest absolute Gasteiger partial charge is 0.489 e. The van der Waals surface area contributed by atoms with Crippen molar-refractivity contribution in [2.45, 2.75) is 19.1 Å². The summed E-state index contributed by atoms with van der Waals surface area (Å²) >= 11 is 7.23. The van der Waals surface area contributed by atoms with Gasteiger partial charge < -0.3 is 19.5 Å². The smallest absolute Gasteiger partial charge is 0.415 e. The van der Waals surface area contributed by atoms with Crippen LogP contribution in [0.15, 0.2) is 24.3 Å². The number of thiophene rings is 1. The minimum Gasteiger partial charge on any atom is -0.489 e. The average molecular weight is 436 g/mol. The fraction of sp³-hybridized carbons (Fsp3) is 0.316. The first-order chi connectivity index (χ1) is 13.9. The summed E-state index contributed by atoms with van der Waals surface area (Å²) in [4.78, 5) is 26.9. The standard InChI is InChI=1S/C19H18ClN3O5S/c1-9-5-15(29-16(9)20)18(24)22-7-14-12-8-27-13-6-10(17(21)26-2)3-4-11(13)23(12)19(25)28-14/h3-6,12,14,21H,7-8H2,1-2H3,(H,22,24)/t12-,14-/m0/s1. The Kier molecular flexibility index (Phi) is 5.10. The molecule has 2 aliphatic heterocycles. The van der Waals surface area contributed by atoms with Crippen LogP contribution >= 0.6 is 22.9 Å². The van der Waals surface area contributed by atoms with E-state index in [0.29, 0.717) is 26.2 Å². The van der Waals surface area contributed by atoms with Crippen LogP contribution < -0.4 is 15.0 Å². The topological polar surface area (TPSA) is 101 Å². The number of carbonyl (C=O) groups is 2. The van der Waals surface area contributed by atoms with Gasteiger partial charge in [0.05, 0.1) is 28.6 Å². The Morgan fingerprint density at radius 1 is 1.45 bits per heavy atom. The van der Waals surface area contributed by atoms with Gasteiger partial charge in [0.15, 0.2) is 0 Å². The zero-order valence-corrected chi connectivity index (χ0v) is 17.2. The molecule has 0 saturated carbocycles. The van der Waals surface area contributed by atoms with E-state index in [1.54, 1.807) is 24.3 Å². The molecule has 1 aromatic carbocycles. The van der Waals surface area contributed by atoms with Crippen LogP contribution in [-0.4, -0.2) is 50.3 Å². The zero-order valence-electron chi connectivity index (χ0n) is 15.7. The third-order valence-corrected chi connectivity index (χ3v) is 6.40. The number of hydrogen-bond donors (Lipinski definition) is 2. The van der Waals surface area contributed by atoms with Gasteiger partial charge in [-0.25, -0.2) is 4.79 Å². The van der Waals surface area contributed by atoms with Crippen molar-refractivity contribution >= 4 is 46.5 Å². The first-order valence-electron chi connectivity index (χ1n) is 8.82. The molecular formula is C19H18ClN3O5S. The Morgan fingerprint density at radius 3 is 2.93 bits per heavy atom.